The number of para-hydroxylation sites is 2. The fourth-order valence-electron chi connectivity index (χ4n) is 1.38. The number of phosphoric acid groups is 1. The molecule has 0 aliphatic carbocycles. The third-order valence-corrected chi connectivity index (χ3v) is 2.47. The molecule has 102 valence electrons. The molecule has 10 heteroatoms. The molecule has 0 atom stereocenters. The van der Waals surface area contributed by atoms with Crippen LogP contribution < -0.4 is 5.06 Å². The van der Waals surface area contributed by atoms with Gasteiger partial charge in [0.2, 0.25) is 5.95 Å². The number of fused-ring (bicyclic) bond motifs is 1. The molecule has 1 aromatic carbocycles. The molecular weight excluding hydrogens is 277 g/mol. The van der Waals surface area contributed by atoms with Crippen molar-refractivity contribution >= 4 is 30.9 Å². The molecule has 0 saturated carbocycles. The van der Waals surface area contributed by atoms with Crippen LogP contribution in [0, 0.1) is 0 Å². The molecule has 1 aromatic heterocycles. The molecule has 0 unspecified atom stereocenters. The number of hydrogen-bond acceptors (Lipinski definition) is 5. The summed E-state index contributed by atoms with van der Waals surface area (Å²) in [4.78, 5) is 35.6. The fourth-order valence-corrected chi connectivity index (χ4v) is 1.74. The van der Waals surface area contributed by atoms with E-state index >= 15 is 0 Å². The van der Waals surface area contributed by atoms with Crippen molar-refractivity contribution in [3.8, 4) is 0 Å². The Labute approximate surface area is 107 Å². The molecule has 0 fully saturated rings. The zero-order chi connectivity index (χ0) is 14.0. The van der Waals surface area contributed by atoms with Crippen LogP contribution in [0.3, 0.4) is 0 Å². The lowest BCUT2D eigenvalue weighted by Gasteiger charge is -2.16. The lowest BCUT2D eigenvalue weighted by atomic mass is 10.3. The first kappa shape index (κ1) is 13.5. The van der Waals surface area contributed by atoms with Gasteiger partial charge in [-0.1, -0.05) is 12.1 Å². The maximum atomic E-state index is 11.4. The van der Waals surface area contributed by atoms with Gasteiger partial charge in [0.15, 0.2) is 0 Å². The van der Waals surface area contributed by atoms with Crippen molar-refractivity contribution in [2.45, 2.75) is 0 Å². The first-order valence-electron chi connectivity index (χ1n) is 4.99. The number of hydrogen-bond donors (Lipinski definition) is 3. The third kappa shape index (κ3) is 3.09. The number of anilines is 1. The van der Waals surface area contributed by atoms with Gasteiger partial charge >= 0.3 is 13.9 Å². The minimum Gasteiger partial charge on any atom is -0.451 e. The average Bonchev–Trinajstić information content (AvgIpc) is 2.77. The van der Waals surface area contributed by atoms with Gasteiger partial charge in [0, 0.05) is 0 Å². The highest BCUT2D eigenvalue weighted by Gasteiger charge is 2.29. The Bertz CT molecular complexity index is 617. The van der Waals surface area contributed by atoms with E-state index in [1.54, 1.807) is 24.3 Å². The van der Waals surface area contributed by atoms with E-state index in [4.69, 9.17) is 9.79 Å². The first-order valence-corrected chi connectivity index (χ1v) is 6.52. The molecule has 0 aliphatic rings. The van der Waals surface area contributed by atoms with Gasteiger partial charge in [0.25, 0.3) is 0 Å². The van der Waals surface area contributed by atoms with Crippen LogP contribution in [0.1, 0.15) is 0 Å². The van der Waals surface area contributed by atoms with Crippen LogP contribution in [0.5, 0.6) is 0 Å². The number of aromatic nitrogens is 2. The summed E-state index contributed by atoms with van der Waals surface area (Å²) >= 11 is 0. The number of hydroxylamine groups is 1. The van der Waals surface area contributed by atoms with Crippen molar-refractivity contribution < 1.29 is 28.5 Å². The second-order valence-corrected chi connectivity index (χ2v) is 4.56. The van der Waals surface area contributed by atoms with E-state index in [-0.39, 0.29) is 11.0 Å². The first-order chi connectivity index (χ1) is 8.90. The van der Waals surface area contributed by atoms with Gasteiger partial charge in [-0.2, -0.15) is 4.62 Å². The summed E-state index contributed by atoms with van der Waals surface area (Å²) in [5, 5.41) is 0.265. The molecule has 0 saturated heterocycles. The zero-order valence-electron chi connectivity index (χ0n) is 9.68. The molecule has 3 N–H and O–H groups in total. The van der Waals surface area contributed by atoms with Crippen LogP contribution in [0.25, 0.3) is 11.0 Å². The largest absolute Gasteiger partial charge is 0.491 e. The molecule has 0 bridgehead atoms. The Kier molecular flexibility index (Phi) is 3.54. The molecule has 1 amide bonds. The number of benzene rings is 1. The lowest BCUT2D eigenvalue weighted by molar-refractivity contribution is 0.126. The van der Waals surface area contributed by atoms with Crippen LogP contribution >= 0.6 is 7.82 Å². The van der Waals surface area contributed by atoms with Crippen LogP contribution in [0.4, 0.5) is 10.7 Å². The van der Waals surface area contributed by atoms with Gasteiger partial charge in [-0.15, -0.1) is 5.06 Å². The van der Waals surface area contributed by atoms with Crippen molar-refractivity contribution in [2.24, 2.45) is 0 Å². The normalized spacial score (nSPS) is 11.5. The van der Waals surface area contributed by atoms with Crippen molar-refractivity contribution in [2.75, 3.05) is 12.2 Å². The molecule has 2 aromatic rings. The Balaban J connectivity index is 2.42. The molecule has 0 spiro atoms. The summed E-state index contributed by atoms with van der Waals surface area (Å²) in [6.07, 6.45) is -1.12. The van der Waals surface area contributed by atoms with Gasteiger partial charge in [-0.25, -0.2) is 14.3 Å². The number of ether oxygens (including phenoxy) is 1. The highest BCUT2D eigenvalue weighted by molar-refractivity contribution is 7.46. The Morgan fingerprint density at radius 1 is 1.42 bits per heavy atom. The van der Waals surface area contributed by atoms with E-state index in [0.29, 0.717) is 11.0 Å². The number of H-pyrrole nitrogens is 1. The number of imidazole rings is 1. The van der Waals surface area contributed by atoms with E-state index in [1.165, 1.54) is 0 Å². The number of nitrogens with zero attached hydrogens (tertiary/aromatic N) is 2. The monoisotopic (exact) mass is 287 g/mol. The number of aromatic amines is 1. The van der Waals surface area contributed by atoms with Gasteiger partial charge in [-0.3, -0.25) is 0 Å². The molecule has 0 aliphatic heterocycles. The second kappa shape index (κ2) is 4.98. The van der Waals surface area contributed by atoms with Crippen LogP contribution in [0.2, 0.25) is 0 Å². The van der Waals surface area contributed by atoms with Crippen LogP contribution in [0.15, 0.2) is 24.3 Å². The maximum Gasteiger partial charge on any atom is 0.491 e. The smallest absolute Gasteiger partial charge is 0.451 e. The standard InChI is InChI=1S/C9H10N3O6P/c1-17-9(13)12(18-19(14,15)16)8-10-6-4-2-3-5-7(6)11-8/h2-5H,1H3,(H,10,11)(H2,14,15,16). The Morgan fingerprint density at radius 2 is 2.11 bits per heavy atom. The quantitative estimate of drug-likeness (QED) is 0.571. The van der Waals surface area contributed by atoms with Crippen LogP contribution in [-0.4, -0.2) is 33.0 Å². The van der Waals surface area contributed by atoms with Crippen LogP contribution in [-0.2, 0) is 13.9 Å². The molecule has 2 rings (SSSR count). The number of methoxy groups -OCH3 is 1. The van der Waals surface area contributed by atoms with Crippen molar-refractivity contribution in [1.82, 2.24) is 9.97 Å². The number of nitrogens with one attached hydrogen (secondary N) is 1. The van der Waals surface area contributed by atoms with E-state index in [2.05, 4.69) is 19.3 Å². The van der Waals surface area contributed by atoms with Crippen molar-refractivity contribution in [3.05, 3.63) is 24.3 Å². The average molecular weight is 287 g/mol. The third-order valence-electron chi connectivity index (χ3n) is 2.10. The minimum atomic E-state index is -4.93. The number of rotatable bonds is 3. The number of carbonyl (C=O) groups is 1. The Morgan fingerprint density at radius 3 is 2.68 bits per heavy atom. The van der Waals surface area contributed by atoms with Gasteiger partial charge in [0.05, 0.1) is 18.1 Å². The predicted molar refractivity (Wildman–Crippen MR) is 64.1 cm³/mol. The number of carbonyl (C=O) groups excluding carboxylic acids is 1. The summed E-state index contributed by atoms with van der Waals surface area (Å²) in [6, 6.07) is 6.79. The van der Waals surface area contributed by atoms with Gasteiger partial charge in [-0.05, 0) is 12.1 Å². The summed E-state index contributed by atoms with van der Waals surface area (Å²) < 4.78 is 19.4. The topological polar surface area (TPSA) is 125 Å². The molecule has 9 nitrogen and oxygen atoms in total. The predicted octanol–water partition coefficient (Wildman–Crippen LogP) is 1.16. The highest BCUT2D eigenvalue weighted by atomic mass is 31.2. The summed E-state index contributed by atoms with van der Waals surface area (Å²) in [5.41, 5.74) is 1.07. The van der Waals surface area contributed by atoms with E-state index in [1.807, 2.05) is 0 Å². The van der Waals surface area contributed by atoms with E-state index in [9.17, 15) is 9.36 Å². The molecule has 19 heavy (non-hydrogen) atoms. The molecular formula is C9H10N3O6P. The summed E-state index contributed by atoms with van der Waals surface area (Å²) in [5.74, 6) is -0.198. The highest BCUT2D eigenvalue weighted by Crippen LogP contribution is 2.38. The van der Waals surface area contributed by atoms with E-state index < -0.39 is 13.9 Å². The second-order valence-electron chi connectivity index (χ2n) is 3.41. The van der Waals surface area contributed by atoms with Crippen molar-refractivity contribution in [3.63, 3.8) is 0 Å². The zero-order valence-corrected chi connectivity index (χ0v) is 10.6. The summed E-state index contributed by atoms with van der Waals surface area (Å²) in [7, 11) is -3.89. The number of amides is 1. The van der Waals surface area contributed by atoms with Gasteiger partial charge < -0.3 is 19.5 Å². The SMILES string of the molecule is COC(=O)N(OP(=O)(O)O)c1nc2ccccc2[nH]1. The summed E-state index contributed by atoms with van der Waals surface area (Å²) in [6.45, 7) is 0. The van der Waals surface area contributed by atoms with E-state index in [0.717, 1.165) is 7.11 Å². The van der Waals surface area contributed by atoms with Gasteiger partial charge in [0.1, 0.15) is 0 Å². The Hall–Kier alpha value is -1.93. The molecule has 0 radical (unpaired) electrons. The maximum absolute atomic E-state index is 11.4. The minimum absolute atomic E-state index is 0.198. The van der Waals surface area contributed by atoms with Crippen molar-refractivity contribution in [1.29, 1.82) is 0 Å². The lowest BCUT2D eigenvalue weighted by Crippen LogP contribution is -2.30. The fraction of sp³-hybridized carbons (Fsp3) is 0.111. The molecule has 1 heterocycles.